The molecule has 98 valence electrons. The topological polar surface area (TPSA) is 98.7 Å². The summed E-state index contributed by atoms with van der Waals surface area (Å²) in [6, 6.07) is 0. The number of rotatable bonds is 4. The van der Waals surface area contributed by atoms with Crippen LogP contribution in [0, 0.1) is 0 Å². The maximum Gasteiger partial charge on any atom is 0.354 e. The lowest BCUT2D eigenvalue weighted by atomic mass is 10.1. The van der Waals surface area contributed by atoms with Gasteiger partial charge in [-0.25, -0.2) is 4.79 Å². The van der Waals surface area contributed by atoms with Crippen LogP contribution < -0.4 is 9.44 Å². The van der Waals surface area contributed by atoms with E-state index in [9.17, 15) is 14.4 Å². The van der Waals surface area contributed by atoms with E-state index in [2.05, 4.69) is 9.44 Å². The lowest BCUT2D eigenvalue weighted by Gasteiger charge is -2.24. The van der Waals surface area contributed by atoms with Crippen LogP contribution in [0.15, 0.2) is 11.4 Å². The second kappa shape index (κ2) is 5.30. The van der Waals surface area contributed by atoms with Crippen molar-refractivity contribution in [1.29, 1.82) is 0 Å². The van der Waals surface area contributed by atoms with Crippen molar-refractivity contribution in [3.8, 4) is 0 Å². The maximum atomic E-state index is 11.6. The summed E-state index contributed by atoms with van der Waals surface area (Å²) in [6.45, 7) is 0.221. The second-order valence-corrected chi connectivity index (χ2v) is 4.62. The summed E-state index contributed by atoms with van der Waals surface area (Å²) in [4.78, 5) is 35.2. The molecule has 8 heteroatoms. The highest BCUT2D eigenvalue weighted by molar-refractivity contribution is 7.96. The number of piperidine rings is 1. The molecule has 2 heterocycles. The van der Waals surface area contributed by atoms with E-state index in [4.69, 9.17) is 5.11 Å². The molecule has 2 rings (SSSR count). The van der Waals surface area contributed by atoms with Gasteiger partial charge < -0.3 is 14.6 Å². The molecule has 1 saturated heterocycles. The number of imide groups is 1. The lowest BCUT2D eigenvalue weighted by Crippen LogP contribution is -2.41. The van der Waals surface area contributed by atoms with Crippen molar-refractivity contribution >= 4 is 29.9 Å². The van der Waals surface area contributed by atoms with E-state index in [0.717, 1.165) is 12.1 Å². The first kappa shape index (κ1) is 12.7. The number of likely N-dealkylation sites (tertiary alicyclic amines) is 1. The summed E-state index contributed by atoms with van der Waals surface area (Å²) in [5.41, 5.74) is 0.579. The molecule has 0 bridgehead atoms. The lowest BCUT2D eigenvalue weighted by molar-refractivity contribution is -0.147. The Morgan fingerprint density at radius 1 is 1.28 bits per heavy atom. The van der Waals surface area contributed by atoms with Gasteiger partial charge in [0.05, 0.1) is 17.8 Å². The molecule has 2 aliphatic heterocycles. The van der Waals surface area contributed by atoms with Crippen molar-refractivity contribution < 1.29 is 19.5 Å². The van der Waals surface area contributed by atoms with Gasteiger partial charge in [0, 0.05) is 25.8 Å². The molecule has 0 unspecified atom stereocenters. The number of carbonyl (C=O) groups is 3. The van der Waals surface area contributed by atoms with E-state index in [1.165, 1.54) is 4.90 Å². The third-order valence-electron chi connectivity index (χ3n) is 2.81. The number of carboxylic acid groups (broad SMARTS) is 1. The average molecular weight is 271 g/mol. The monoisotopic (exact) mass is 271 g/mol. The van der Waals surface area contributed by atoms with Gasteiger partial charge >= 0.3 is 5.97 Å². The number of aliphatic carboxylic acids is 1. The minimum atomic E-state index is -1.06. The third kappa shape index (κ3) is 2.58. The molecule has 0 aromatic heterocycles. The second-order valence-electron chi connectivity index (χ2n) is 4.01. The van der Waals surface area contributed by atoms with Crippen LogP contribution in [-0.2, 0) is 14.4 Å². The fourth-order valence-electron chi connectivity index (χ4n) is 1.87. The van der Waals surface area contributed by atoms with Crippen molar-refractivity contribution in [3.63, 3.8) is 0 Å². The largest absolute Gasteiger partial charge is 0.477 e. The van der Waals surface area contributed by atoms with E-state index >= 15 is 0 Å². The van der Waals surface area contributed by atoms with E-state index in [-0.39, 0.29) is 24.1 Å². The number of hydrogen-bond acceptors (Lipinski definition) is 6. The standard InChI is InChI=1S/C10H13N3O4S/c14-7-2-1-3-8(15)13(7)5-4-6-9(10(16)17)12-18-11-6/h11-12H,1-5H2,(H,16,17). The van der Waals surface area contributed by atoms with Crippen LogP contribution >= 0.6 is 12.1 Å². The molecular formula is C10H13N3O4S. The Kier molecular flexibility index (Phi) is 3.75. The van der Waals surface area contributed by atoms with Crippen molar-refractivity contribution in [2.24, 2.45) is 0 Å². The van der Waals surface area contributed by atoms with Crippen molar-refractivity contribution in [2.75, 3.05) is 6.54 Å². The molecule has 0 aromatic rings. The van der Waals surface area contributed by atoms with Gasteiger partial charge in [-0.1, -0.05) is 0 Å². The fourth-order valence-corrected chi connectivity index (χ4v) is 2.56. The van der Waals surface area contributed by atoms with E-state index in [1.54, 1.807) is 0 Å². The molecule has 0 spiro atoms. The number of nitrogens with zero attached hydrogens (tertiary/aromatic N) is 1. The highest BCUT2D eigenvalue weighted by Gasteiger charge is 2.27. The fraction of sp³-hybridized carbons (Fsp3) is 0.500. The van der Waals surface area contributed by atoms with E-state index < -0.39 is 5.97 Å². The summed E-state index contributed by atoms with van der Waals surface area (Å²) in [5.74, 6) is -1.41. The Morgan fingerprint density at radius 2 is 1.94 bits per heavy atom. The van der Waals surface area contributed by atoms with Crippen LogP contribution in [0.25, 0.3) is 0 Å². The quantitative estimate of drug-likeness (QED) is 0.487. The van der Waals surface area contributed by atoms with E-state index in [0.29, 0.717) is 31.4 Å². The molecule has 7 nitrogen and oxygen atoms in total. The van der Waals surface area contributed by atoms with Crippen LogP contribution in [0.1, 0.15) is 25.7 Å². The van der Waals surface area contributed by atoms with Gasteiger partial charge in [-0.05, 0) is 6.42 Å². The van der Waals surface area contributed by atoms with Crippen molar-refractivity contribution in [1.82, 2.24) is 14.3 Å². The van der Waals surface area contributed by atoms with Gasteiger partial charge in [-0.2, -0.15) is 0 Å². The molecule has 0 aromatic carbocycles. The minimum absolute atomic E-state index is 0.0805. The van der Waals surface area contributed by atoms with Gasteiger partial charge in [0.25, 0.3) is 0 Å². The molecule has 0 saturated carbocycles. The van der Waals surface area contributed by atoms with Crippen LogP contribution in [0.5, 0.6) is 0 Å². The number of nitrogens with one attached hydrogen (secondary N) is 2. The van der Waals surface area contributed by atoms with Crippen molar-refractivity contribution in [3.05, 3.63) is 11.4 Å². The molecule has 0 radical (unpaired) electrons. The molecule has 18 heavy (non-hydrogen) atoms. The van der Waals surface area contributed by atoms with Gasteiger partial charge in [-0.3, -0.25) is 14.5 Å². The van der Waals surface area contributed by atoms with Crippen molar-refractivity contribution in [2.45, 2.75) is 25.7 Å². The number of carbonyl (C=O) groups excluding carboxylic acids is 2. The zero-order chi connectivity index (χ0) is 13.1. The minimum Gasteiger partial charge on any atom is -0.477 e. The Balaban J connectivity index is 1.98. The number of hydrogen-bond donors (Lipinski definition) is 3. The SMILES string of the molecule is O=C(O)C1=C(CCN2C(=O)CCCC2=O)NSN1. The molecule has 2 amide bonds. The van der Waals surface area contributed by atoms with Crippen LogP contribution in [-0.4, -0.2) is 34.3 Å². The number of carboxylic acids is 1. The molecule has 2 aliphatic rings. The third-order valence-corrected chi connectivity index (χ3v) is 3.47. The first-order valence-electron chi connectivity index (χ1n) is 5.57. The highest BCUT2D eigenvalue weighted by Crippen LogP contribution is 2.19. The van der Waals surface area contributed by atoms with Crippen LogP contribution in [0.3, 0.4) is 0 Å². The maximum absolute atomic E-state index is 11.6. The normalized spacial score (nSPS) is 19.9. The Labute approximate surface area is 108 Å². The summed E-state index contributed by atoms with van der Waals surface area (Å²) < 4.78 is 5.43. The smallest absolute Gasteiger partial charge is 0.354 e. The highest BCUT2D eigenvalue weighted by atomic mass is 32.2. The van der Waals surface area contributed by atoms with E-state index in [1.807, 2.05) is 0 Å². The van der Waals surface area contributed by atoms with Gasteiger partial charge in [0.1, 0.15) is 0 Å². The number of amides is 2. The summed E-state index contributed by atoms with van der Waals surface area (Å²) >= 11 is 1.06. The zero-order valence-electron chi connectivity index (χ0n) is 9.56. The molecule has 3 N–H and O–H groups in total. The Morgan fingerprint density at radius 3 is 2.56 bits per heavy atom. The molecule has 0 atom stereocenters. The van der Waals surface area contributed by atoms with Gasteiger partial charge in [-0.15, -0.1) is 0 Å². The molecule has 0 aliphatic carbocycles. The zero-order valence-corrected chi connectivity index (χ0v) is 10.4. The predicted octanol–water partition coefficient (Wildman–Crippen LogP) is -0.0322. The van der Waals surface area contributed by atoms with Crippen LogP contribution in [0.4, 0.5) is 0 Å². The summed E-state index contributed by atoms with van der Waals surface area (Å²) in [6.07, 6.45) is 1.69. The summed E-state index contributed by atoms with van der Waals surface area (Å²) in [5, 5.41) is 8.90. The van der Waals surface area contributed by atoms with Crippen LogP contribution in [0.2, 0.25) is 0 Å². The first-order valence-corrected chi connectivity index (χ1v) is 6.38. The first-order chi connectivity index (χ1) is 8.59. The average Bonchev–Trinajstić information content (AvgIpc) is 2.76. The molecule has 1 fully saturated rings. The molecular weight excluding hydrogens is 258 g/mol. The summed E-state index contributed by atoms with van der Waals surface area (Å²) in [7, 11) is 0. The van der Waals surface area contributed by atoms with Gasteiger partial charge in [0.15, 0.2) is 5.70 Å². The Bertz CT molecular complexity index is 419. The predicted molar refractivity (Wildman–Crippen MR) is 63.7 cm³/mol. The Hall–Kier alpha value is -1.70. The van der Waals surface area contributed by atoms with Gasteiger partial charge in [0.2, 0.25) is 11.8 Å².